The van der Waals surface area contributed by atoms with Crippen LogP contribution in [0.4, 0.5) is 5.69 Å². The molecule has 1 heterocycles. The van der Waals surface area contributed by atoms with Gasteiger partial charge in [0, 0.05) is 18.3 Å². The first-order valence-corrected chi connectivity index (χ1v) is 9.12. The van der Waals surface area contributed by atoms with Crippen LogP contribution < -0.4 is 20.1 Å². The third-order valence-electron chi connectivity index (χ3n) is 4.99. The summed E-state index contributed by atoms with van der Waals surface area (Å²) in [6.45, 7) is 3.43. The van der Waals surface area contributed by atoms with Crippen LogP contribution in [-0.4, -0.2) is 25.0 Å². The van der Waals surface area contributed by atoms with E-state index in [1.807, 2.05) is 31.2 Å². The zero-order valence-corrected chi connectivity index (χ0v) is 15.2. The molecule has 4 rings (SSSR count). The average molecular weight is 366 g/mol. The molecular weight excluding hydrogens is 344 g/mol. The quantitative estimate of drug-likeness (QED) is 0.798. The van der Waals surface area contributed by atoms with Gasteiger partial charge in [-0.05, 0) is 37.5 Å². The summed E-state index contributed by atoms with van der Waals surface area (Å²) in [5, 5.41) is 5.74. The Hall–Kier alpha value is -3.02. The normalized spacial score (nSPS) is 16.3. The Bertz CT molecular complexity index is 872. The Kier molecular flexibility index (Phi) is 4.48. The van der Waals surface area contributed by atoms with Gasteiger partial charge in [0.2, 0.25) is 11.8 Å². The van der Waals surface area contributed by atoms with Crippen molar-refractivity contribution in [3.63, 3.8) is 0 Å². The van der Waals surface area contributed by atoms with Gasteiger partial charge >= 0.3 is 0 Å². The number of amides is 2. The molecule has 0 unspecified atom stereocenters. The van der Waals surface area contributed by atoms with Crippen LogP contribution in [0.15, 0.2) is 42.5 Å². The summed E-state index contributed by atoms with van der Waals surface area (Å²) >= 11 is 0. The van der Waals surface area contributed by atoms with E-state index in [9.17, 15) is 9.59 Å². The summed E-state index contributed by atoms with van der Waals surface area (Å²) in [4.78, 5) is 25.3. The van der Waals surface area contributed by atoms with Gasteiger partial charge in [-0.1, -0.05) is 29.8 Å². The number of rotatable bonds is 5. The standard InChI is InChI=1S/C21H22N2O4/c1-14-2-4-15(5-3-14)13-22-19(24)21(8-9-21)20(25)23-16-6-7-17-18(12-16)27-11-10-26-17/h2-7,12H,8-11,13H2,1H3,(H,22,24)(H,23,25). The molecule has 0 saturated heterocycles. The van der Waals surface area contributed by atoms with E-state index < -0.39 is 5.41 Å². The molecule has 6 heteroatoms. The molecule has 0 bridgehead atoms. The molecule has 2 N–H and O–H groups in total. The lowest BCUT2D eigenvalue weighted by Gasteiger charge is -2.20. The summed E-state index contributed by atoms with van der Waals surface area (Å²) in [6, 6.07) is 13.2. The first-order valence-electron chi connectivity index (χ1n) is 9.12. The van der Waals surface area contributed by atoms with Crippen molar-refractivity contribution in [1.29, 1.82) is 0 Å². The second-order valence-corrected chi connectivity index (χ2v) is 7.06. The average Bonchev–Trinajstić information content (AvgIpc) is 3.49. The van der Waals surface area contributed by atoms with Gasteiger partial charge in [0.1, 0.15) is 18.6 Å². The summed E-state index contributed by atoms with van der Waals surface area (Å²) < 4.78 is 11.0. The largest absolute Gasteiger partial charge is 0.486 e. The first kappa shape index (κ1) is 17.4. The van der Waals surface area contributed by atoms with Gasteiger partial charge in [-0.15, -0.1) is 0 Å². The molecule has 0 aromatic heterocycles. The van der Waals surface area contributed by atoms with E-state index in [1.165, 1.54) is 5.56 Å². The Morgan fingerprint density at radius 3 is 2.37 bits per heavy atom. The molecule has 0 radical (unpaired) electrons. The number of anilines is 1. The van der Waals surface area contributed by atoms with Crippen LogP contribution >= 0.6 is 0 Å². The molecule has 27 heavy (non-hydrogen) atoms. The van der Waals surface area contributed by atoms with Gasteiger partial charge in [-0.25, -0.2) is 0 Å². The lowest BCUT2D eigenvalue weighted by molar-refractivity contribution is -0.134. The Morgan fingerprint density at radius 2 is 1.67 bits per heavy atom. The molecule has 0 atom stereocenters. The Balaban J connectivity index is 1.39. The third-order valence-corrected chi connectivity index (χ3v) is 4.99. The number of carbonyl (C=O) groups is 2. The van der Waals surface area contributed by atoms with Crippen LogP contribution in [0.1, 0.15) is 24.0 Å². The third kappa shape index (κ3) is 3.60. The lowest BCUT2D eigenvalue weighted by atomic mass is 10.0. The molecule has 6 nitrogen and oxygen atoms in total. The van der Waals surface area contributed by atoms with Gasteiger partial charge in [-0.3, -0.25) is 9.59 Å². The van der Waals surface area contributed by atoms with Crippen molar-refractivity contribution in [2.75, 3.05) is 18.5 Å². The van der Waals surface area contributed by atoms with E-state index in [0.29, 0.717) is 49.8 Å². The predicted molar refractivity (Wildman–Crippen MR) is 101 cm³/mol. The highest BCUT2D eigenvalue weighted by Gasteiger charge is 2.56. The van der Waals surface area contributed by atoms with E-state index in [1.54, 1.807) is 18.2 Å². The van der Waals surface area contributed by atoms with Crippen LogP contribution in [-0.2, 0) is 16.1 Å². The van der Waals surface area contributed by atoms with Crippen molar-refractivity contribution in [1.82, 2.24) is 5.32 Å². The molecule has 1 aliphatic heterocycles. The predicted octanol–water partition coefficient (Wildman–Crippen LogP) is 2.80. The van der Waals surface area contributed by atoms with Crippen molar-refractivity contribution in [2.24, 2.45) is 5.41 Å². The van der Waals surface area contributed by atoms with Gasteiger partial charge in [0.25, 0.3) is 0 Å². The van der Waals surface area contributed by atoms with Crippen LogP contribution in [0.2, 0.25) is 0 Å². The maximum atomic E-state index is 12.7. The lowest BCUT2D eigenvalue weighted by Crippen LogP contribution is -2.39. The molecule has 2 amide bonds. The minimum atomic E-state index is -0.974. The molecule has 0 spiro atoms. The number of hydrogen-bond acceptors (Lipinski definition) is 4. The summed E-state index contributed by atoms with van der Waals surface area (Å²) in [7, 11) is 0. The molecule has 1 aliphatic carbocycles. The smallest absolute Gasteiger partial charge is 0.240 e. The van der Waals surface area contributed by atoms with Crippen molar-refractivity contribution < 1.29 is 19.1 Å². The summed E-state index contributed by atoms with van der Waals surface area (Å²) in [5.74, 6) is 0.766. The number of carbonyl (C=O) groups excluding carboxylic acids is 2. The minimum Gasteiger partial charge on any atom is -0.486 e. The molecular formula is C21H22N2O4. The number of benzene rings is 2. The molecule has 2 aromatic carbocycles. The fourth-order valence-corrected chi connectivity index (χ4v) is 3.11. The zero-order valence-electron chi connectivity index (χ0n) is 15.2. The van der Waals surface area contributed by atoms with E-state index in [0.717, 1.165) is 5.56 Å². The fourth-order valence-electron chi connectivity index (χ4n) is 3.11. The van der Waals surface area contributed by atoms with Gasteiger partial charge in [0.05, 0.1) is 0 Å². The summed E-state index contributed by atoms with van der Waals surface area (Å²) in [5.41, 5.74) is 1.80. The number of nitrogens with one attached hydrogen (secondary N) is 2. The minimum absolute atomic E-state index is 0.224. The van der Waals surface area contributed by atoms with Crippen molar-refractivity contribution >= 4 is 17.5 Å². The van der Waals surface area contributed by atoms with Crippen LogP contribution in [0, 0.1) is 12.3 Å². The monoisotopic (exact) mass is 366 g/mol. The number of hydrogen-bond donors (Lipinski definition) is 2. The number of ether oxygens (including phenoxy) is 2. The molecule has 2 aromatic rings. The van der Waals surface area contributed by atoms with Crippen molar-refractivity contribution in [3.8, 4) is 11.5 Å². The molecule has 1 fully saturated rings. The maximum Gasteiger partial charge on any atom is 0.240 e. The van der Waals surface area contributed by atoms with E-state index >= 15 is 0 Å². The van der Waals surface area contributed by atoms with Gasteiger partial charge in [-0.2, -0.15) is 0 Å². The van der Waals surface area contributed by atoms with Gasteiger partial charge in [0.15, 0.2) is 11.5 Å². The summed E-state index contributed by atoms with van der Waals surface area (Å²) in [6.07, 6.45) is 1.12. The van der Waals surface area contributed by atoms with Crippen molar-refractivity contribution in [3.05, 3.63) is 53.6 Å². The van der Waals surface area contributed by atoms with Crippen LogP contribution in [0.25, 0.3) is 0 Å². The maximum absolute atomic E-state index is 12.7. The number of fused-ring (bicyclic) bond motifs is 1. The highest BCUT2D eigenvalue weighted by molar-refractivity contribution is 6.13. The highest BCUT2D eigenvalue weighted by atomic mass is 16.6. The molecule has 1 saturated carbocycles. The Morgan fingerprint density at radius 1 is 0.963 bits per heavy atom. The van der Waals surface area contributed by atoms with E-state index in [4.69, 9.17) is 9.47 Å². The first-order chi connectivity index (χ1) is 13.1. The molecule has 2 aliphatic rings. The number of aryl methyl sites for hydroxylation is 1. The SMILES string of the molecule is Cc1ccc(CNC(=O)C2(C(=O)Nc3ccc4c(c3)OCCO4)CC2)cc1. The Labute approximate surface area is 157 Å². The van der Waals surface area contributed by atoms with E-state index in [-0.39, 0.29) is 11.8 Å². The van der Waals surface area contributed by atoms with E-state index in [2.05, 4.69) is 10.6 Å². The second-order valence-electron chi connectivity index (χ2n) is 7.06. The zero-order chi connectivity index (χ0) is 18.9. The highest BCUT2D eigenvalue weighted by Crippen LogP contribution is 2.47. The van der Waals surface area contributed by atoms with Crippen LogP contribution in [0.3, 0.4) is 0 Å². The van der Waals surface area contributed by atoms with Crippen molar-refractivity contribution in [2.45, 2.75) is 26.3 Å². The van der Waals surface area contributed by atoms with Gasteiger partial charge < -0.3 is 20.1 Å². The second kappa shape index (κ2) is 6.95. The van der Waals surface area contributed by atoms with Crippen LogP contribution in [0.5, 0.6) is 11.5 Å². The molecule has 140 valence electrons. The topological polar surface area (TPSA) is 76.7 Å². The fraction of sp³-hybridized carbons (Fsp3) is 0.333.